The molecule has 7 rings (SSSR count). The molecule has 5 aromatic carbocycles. The summed E-state index contributed by atoms with van der Waals surface area (Å²) < 4.78 is 0. The Kier molecular flexibility index (Phi) is 6.63. The van der Waals surface area contributed by atoms with Gasteiger partial charge in [-0.1, -0.05) is 104 Å². The summed E-state index contributed by atoms with van der Waals surface area (Å²) in [6.07, 6.45) is 12.7. The third-order valence-corrected chi connectivity index (χ3v) is 7.02. The molecule has 0 aliphatic heterocycles. The lowest BCUT2D eigenvalue weighted by atomic mass is 9.87. The van der Waals surface area contributed by atoms with Gasteiger partial charge < -0.3 is 0 Å². The van der Waals surface area contributed by atoms with E-state index in [1.807, 2.05) is 49.8 Å². The van der Waals surface area contributed by atoms with Crippen LogP contribution < -0.4 is 0 Å². The largest absolute Gasteiger partial charge is 0.256 e. The molecule has 3 nitrogen and oxygen atoms in total. The predicted octanol–water partition coefficient (Wildman–Crippen LogP) is 9.52. The monoisotopic (exact) mass is 501 g/mol. The first kappa shape index (κ1) is 24.2. The van der Waals surface area contributed by atoms with Crippen molar-refractivity contribution < 1.29 is 0 Å². The number of hydrogen-bond acceptors (Lipinski definition) is 3. The van der Waals surface area contributed by atoms with Crippen LogP contribution in [0.2, 0.25) is 0 Å². The number of rotatable bonds is 4. The van der Waals surface area contributed by atoms with Gasteiger partial charge in [0.2, 0.25) is 0 Å². The summed E-state index contributed by atoms with van der Waals surface area (Å²) >= 11 is 0. The molecule has 3 heteroatoms. The molecular weight excluding hydrogens is 474 g/mol. The maximum Gasteiger partial charge on any atom is 0.115 e. The van der Waals surface area contributed by atoms with E-state index in [1.54, 1.807) is 12.4 Å². The number of aromatic nitrogens is 3. The van der Waals surface area contributed by atoms with Crippen molar-refractivity contribution in [1.29, 1.82) is 0 Å². The van der Waals surface area contributed by atoms with E-state index in [0.717, 1.165) is 16.8 Å². The second-order valence-electron chi connectivity index (χ2n) is 9.33. The van der Waals surface area contributed by atoms with Gasteiger partial charge in [0.05, 0.1) is 5.69 Å². The average Bonchev–Trinajstić information content (AvgIpc) is 3.01. The fraction of sp³-hybridized carbons (Fsp3) is 0.0278. The Bertz CT molecular complexity index is 1910. The number of nitrogens with zero attached hydrogens (tertiary/aromatic N) is 3. The SMILES string of the molecule is C=C/C=C\C.c1ccc(-c2ccc3ccc4ccc(-c5ccc(-c6cncnc6)cc5)c5ccc2c3c45)nc1. The van der Waals surface area contributed by atoms with Gasteiger partial charge in [-0.3, -0.25) is 4.98 Å². The molecule has 0 fully saturated rings. The molecule has 0 aliphatic rings. The van der Waals surface area contributed by atoms with Crippen molar-refractivity contribution >= 4 is 32.3 Å². The minimum atomic E-state index is 1.00. The van der Waals surface area contributed by atoms with E-state index in [2.05, 4.69) is 100 Å². The summed E-state index contributed by atoms with van der Waals surface area (Å²) in [5.41, 5.74) is 6.74. The van der Waals surface area contributed by atoms with Crippen LogP contribution in [-0.2, 0) is 0 Å². The van der Waals surface area contributed by atoms with E-state index in [9.17, 15) is 0 Å². The van der Waals surface area contributed by atoms with Gasteiger partial charge in [0.1, 0.15) is 6.33 Å². The molecule has 7 aromatic rings. The second kappa shape index (κ2) is 10.7. The zero-order chi connectivity index (χ0) is 26.6. The minimum Gasteiger partial charge on any atom is -0.256 e. The third kappa shape index (κ3) is 4.55. The van der Waals surface area contributed by atoms with Crippen molar-refractivity contribution in [3.63, 3.8) is 0 Å². The number of allylic oxidation sites excluding steroid dienone is 3. The van der Waals surface area contributed by atoms with Crippen LogP contribution in [0.4, 0.5) is 0 Å². The fourth-order valence-corrected chi connectivity index (χ4v) is 5.22. The summed E-state index contributed by atoms with van der Waals surface area (Å²) in [7, 11) is 0. The topological polar surface area (TPSA) is 38.7 Å². The highest BCUT2D eigenvalue weighted by atomic mass is 14.8. The van der Waals surface area contributed by atoms with Crippen LogP contribution in [0.25, 0.3) is 65.8 Å². The molecule has 0 radical (unpaired) electrons. The van der Waals surface area contributed by atoms with E-state index in [0.29, 0.717) is 0 Å². The first-order chi connectivity index (χ1) is 19.3. The molecule has 0 saturated carbocycles. The van der Waals surface area contributed by atoms with Crippen LogP contribution in [0, 0.1) is 0 Å². The fourth-order valence-electron chi connectivity index (χ4n) is 5.22. The van der Waals surface area contributed by atoms with Crippen LogP contribution in [0.1, 0.15) is 6.92 Å². The number of hydrogen-bond donors (Lipinski definition) is 0. The zero-order valence-electron chi connectivity index (χ0n) is 21.8. The lowest BCUT2D eigenvalue weighted by Crippen LogP contribution is -1.90. The van der Waals surface area contributed by atoms with Crippen LogP contribution in [0.15, 0.2) is 141 Å². The highest BCUT2D eigenvalue weighted by Gasteiger charge is 2.15. The Labute approximate surface area is 228 Å². The molecule has 0 N–H and O–H groups in total. The quantitative estimate of drug-likeness (QED) is 0.178. The Morgan fingerprint density at radius 3 is 1.82 bits per heavy atom. The lowest BCUT2D eigenvalue weighted by Gasteiger charge is -2.16. The van der Waals surface area contributed by atoms with Gasteiger partial charge in [-0.15, -0.1) is 0 Å². The molecule has 0 unspecified atom stereocenters. The smallest absolute Gasteiger partial charge is 0.115 e. The Morgan fingerprint density at radius 1 is 0.615 bits per heavy atom. The summed E-state index contributed by atoms with van der Waals surface area (Å²) in [6.45, 7) is 5.42. The maximum absolute atomic E-state index is 4.62. The molecule has 2 heterocycles. The van der Waals surface area contributed by atoms with Crippen molar-refractivity contribution in [1.82, 2.24) is 15.0 Å². The highest BCUT2D eigenvalue weighted by Crippen LogP contribution is 2.42. The van der Waals surface area contributed by atoms with Crippen molar-refractivity contribution in [3.8, 4) is 33.5 Å². The maximum atomic E-state index is 4.62. The van der Waals surface area contributed by atoms with E-state index < -0.39 is 0 Å². The summed E-state index contributed by atoms with van der Waals surface area (Å²) in [5.74, 6) is 0. The molecule has 39 heavy (non-hydrogen) atoms. The first-order valence-corrected chi connectivity index (χ1v) is 13.0. The van der Waals surface area contributed by atoms with Crippen molar-refractivity contribution in [2.45, 2.75) is 6.92 Å². The third-order valence-electron chi connectivity index (χ3n) is 7.02. The highest BCUT2D eigenvalue weighted by molar-refractivity contribution is 6.27. The van der Waals surface area contributed by atoms with E-state index in [1.165, 1.54) is 49.0 Å². The normalized spacial score (nSPS) is 11.2. The Morgan fingerprint density at radius 2 is 1.23 bits per heavy atom. The van der Waals surface area contributed by atoms with Gasteiger partial charge >= 0.3 is 0 Å². The molecule has 186 valence electrons. The molecule has 0 aliphatic carbocycles. The van der Waals surface area contributed by atoms with E-state index in [-0.39, 0.29) is 0 Å². The molecule has 0 bridgehead atoms. The lowest BCUT2D eigenvalue weighted by molar-refractivity contribution is 1.17. The van der Waals surface area contributed by atoms with Crippen LogP contribution in [0.3, 0.4) is 0 Å². The van der Waals surface area contributed by atoms with Gasteiger partial charge in [-0.2, -0.15) is 0 Å². The number of benzene rings is 5. The number of pyridine rings is 1. The summed E-state index contributed by atoms with van der Waals surface area (Å²) in [4.78, 5) is 12.9. The van der Waals surface area contributed by atoms with Crippen molar-refractivity contribution in [2.75, 3.05) is 0 Å². The van der Waals surface area contributed by atoms with Crippen LogP contribution >= 0.6 is 0 Å². The van der Waals surface area contributed by atoms with Gasteiger partial charge in [-0.25, -0.2) is 9.97 Å². The first-order valence-electron chi connectivity index (χ1n) is 13.0. The van der Waals surface area contributed by atoms with E-state index >= 15 is 0 Å². The van der Waals surface area contributed by atoms with Crippen LogP contribution in [0.5, 0.6) is 0 Å². The molecule has 2 aromatic heterocycles. The Balaban J connectivity index is 0.000000510. The molecule has 0 atom stereocenters. The second-order valence-corrected chi connectivity index (χ2v) is 9.33. The average molecular weight is 502 g/mol. The summed E-state index contributed by atoms with van der Waals surface area (Å²) in [5, 5.41) is 7.64. The Hall–Kier alpha value is -5.15. The van der Waals surface area contributed by atoms with E-state index in [4.69, 9.17) is 0 Å². The standard InChI is InChI=1S/C31H19N3.C5H8/c1-2-16-34-29(3-1)26-13-11-23-9-8-22-10-12-25(27-14-15-28(26)31(23)30(22)27)21-6-4-20(5-7-21)24-17-32-19-33-18-24;1-3-5-4-2/h1-19H;3-5H,1H2,2H3/b;5-4-. The summed E-state index contributed by atoms with van der Waals surface area (Å²) in [6, 6.07) is 32.6. The van der Waals surface area contributed by atoms with Gasteiger partial charge in [-0.05, 0) is 68.1 Å². The van der Waals surface area contributed by atoms with Crippen LogP contribution in [-0.4, -0.2) is 15.0 Å². The van der Waals surface area contributed by atoms with Gasteiger partial charge in [0.25, 0.3) is 0 Å². The molecule has 0 saturated heterocycles. The predicted molar refractivity (Wildman–Crippen MR) is 165 cm³/mol. The van der Waals surface area contributed by atoms with Crippen molar-refractivity contribution in [2.24, 2.45) is 0 Å². The van der Waals surface area contributed by atoms with Gasteiger partial charge in [0.15, 0.2) is 0 Å². The van der Waals surface area contributed by atoms with Crippen molar-refractivity contribution in [3.05, 3.63) is 141 Å². The van der Waals surface area contributed by atoms with Gasteiger partial charge in [0, 0.05) is 29.7 Å². The minimum absolute atomic E-state index is 1.00. The molecular formula is C36H27N3. The molecule has 0 amide bonds. The molecule has 0 spiro atoms. The zero-order valence-corrected chi connectivity index (χ0v) is 21.8.